The lowest BCUT2D eigenvalue weighted by Crippen LogP contribution is -2.43. The number of nitrogens with two attached hydrogens (primary N) is 1. The summed E-state index contributed by atoms with van der Waals surface area (Å²) in [7, 11) is -3.86. The van der Waals surface area contributed by atoms with Crippen molar-refractivity contribution in [2.45, 2.75) is 37.1 Å². The van der Waals surface area contributed by atoms with Gasteiger partial charge in [-0.2, -0.15) is 0 Å². The summed E-state index contributed by atoms with van der Waals surface area (Å²) in [5, 5.41) is 8.47. The molecule has 0 spiro atoms. The largest absolute Gasteiger partial charge is 0.369 e. The van der Waals surface area contributed by atoms with Gasteiger partial charge in [0.15, 0.2) is 0 Å². The molecule has 3 N–H and O–H groups in total. The van der Waals surface area contributed by atoms with Crippen LogP contribution in [0.3, 0.4) is 0 Å². The molecule has 0 saturated carbocycles. The predicted octanol–water partition coefficient (Wildman–Crippen LogP) is 1.44. The molecule has 0 bridgehead atoms. The van der Waals surface area contributed by atoms with Crippen LogP contribution in [-0.2, 0) is 10.0 Å². The molecule has 5 nitrogen and oxygen atoms in total. The van der Waals surface area contributed by atoms with E-state index >= 15 is 0 Å². The molecular formula is C14H22FN3O2S. The van der Waals surface area contributed by atoms with Gasteiger partial charge in [0.25, 0.3) is 0 Å². The second-order valence-corrected chi connectivity index (χ2v) is 6.94. The van der Waals surface area contributed by atoms with Crippen LogP contribution in [0.15, 0.2) is 23.1 Å². The Kier molecular flexibility index (Phi) is 5.18. The molecule has 1 saturated heterocycles. The lowest BCUT2D eigenvalue weighted by atomic mass is 10.0. The Hall–Kier alpha value is -1.18. The maximum atomic E-state index is 14.1. The quantitative estimate of drug-likeness (QED) is 0.862. The molecule has 1 aliphatic rings. The van der Waals surface area contributed by atoms with Gasteiger partial charge in [-0.15, -0.1) is 0 Å². The van der Waals surface area contributed by atoms with Crippen molar-refractivity contribution in [1.82, 2.24) is 5.32 Å². The Bertz CT molecular complexity index is 584. The first kappa shape index (κ1) is 16.2. The van der Waals surface area contributed by atoms with Gasteiger partial charge in [0.05, 0.1) is 10.6 Å². The van der Waals surface area contributed by atoms with Gasteiger partial charge < -0.3 is 10.2 Å². The molecule has 1 heterocycles. The molecule has 1 aromatic rings. The molecule has 0 aromatic heterocycles. The Morgan fingerprint density at radius 2 is 2.05 bits per heavy atom. The van der Waals surface area contributed by atoms with E-state index in [2.05, 4.69) is 12.2 Å². The summed E-state index contributed by atoms with van der Waals surface area (Å²) in [5.74, 6) is -0.540. The number of primary sulfonamides is 1. The summed E-state index contributed by atoms with van der Waals surface area (Å²) in [6.07, 6.45) is 3.01. The molecule has 0 unspecified atom stereocenters. The molecule has 0 radical (unpaired) electrons. The van der Waals surface area contributed by atoms with Crippen molar-refractivity contribution >= 4 is 15.7 Å². The molecule has 1 aromatic carbocycles. The highest BCUT2D eigenvalue weighted by Gasteiger charge is 2.21. The zero-order chi connectivity index (χ0) is 15.5. The minimum absolute atomic E-state index is 0.191. The van der Waals surface area contributed by atoms with E-state index in [0.29, 0.717) is 11.7 Å². The van der Waals surface area contributed by atoms with Crippen LogP contribution in [0.5, 0.6) is 0 Å². The van der Waals surface area contributed by atoms with Gasteiger partial charge in [-0.1, -0.05) is 6.92 Å². The Morgan fingerprint density at radius 1 is 1.38 bits per heavy atom. The van der Waals surface area contributed by atoms with Crippen molar-refractivity contribution < 1.29 is 12.8 Å². The number of piperidine rings is 1. The van der Waals surface area contributed by atoms with E-state index in [9.17, 15) is 12.8 Å². The molecule has 118 valence electrons. The summed E-state index contributed by atoms with van der Waals surface area (Å²) in [6, 6.07) is 4.32. The number of nitrogens with one attached hydrogen (secondary N) is 1. The van der Waals surface area contributed by atoms with E-state index < -0.39 is 15.8 Å². The number of hydrogen-bond donors (Lipinski definition) is 2. The van der Waals surface area contributed by atoms with Gasteiger partial charge in [-0.05, 0) is 44.0 Å². The number of hydrogen-bond acceptors (Lipinski definition) is 4. The lowest BCUT2D eigenvalue weighted by molar-refractivity contribution is 0.413. The number of rotatable bonds is 5. The summed E-state index contributed by atoms with van der Waals surface area (Å²) < 4.78 is 36.5. The third kappa shape index (κ3) is 4.15. The number of benzene rings is 1. The van der Waals surface area contributed by atoms with Crippen LogP contribution in [-0.4, -0.2) is 34.1 Å². The monoisotopic (exact) mass is 315 g/mol. The van der Waals surface area contributed by atoms with E-state index in [-0.39, 0.29) is 4.90 Å². The van der Waals surface area contributed by atoms with E-state index in [1.165, 1.54) is 12.1 Å². The van der Waals surface area contributed by atoms with Crippen LogP contribution in [0, 0.1) is 5.82 Å². The maximum Gasteiger partial charge on any atom is 0.238 e. The Labute approximate surface area is 125 Å². The number of anilines is 1. The minimum atomic E-state index is -3.86. The number of sulfonamides is 1. The smallest absolute Gasteiger partial charge is 0.238 e. The first-order valence-corrected chi connectivity index (χ1v) is 8.77. The molecule has 1 fully saturated rings. The van der Waals surface area contributed by atoms with Crippen LogP contribution in [0.2, 0.25) is 0 Å². The van der Waals surface area contributed by atoms with E-state index in [1.807, 2.05) is 4.90 Å². The van der Waals surface area contributed by atoms with Crippen molar-refractivity contribution in [3.63, 3.8) is 0 Å². The van der Waals surface area contributed by atoms with E-state index in [0.717, 1.165) is 45.0 Å². The van der Waals surface area contributed by atoms with Gasteiger partial charge in [0.2, 0.25) is 10.0 Å². The summed E-state index contributed by atoms with van der Waals surface area (Å²) in [4.78, 5) is 1.76. The average molecular weight is 315 g/mol. The van der Waals surface area contributed by atoms with Crippen LogP contribution in [0.4, 0.5) is 10.1 Å². The highest BCUT2D eigenvalue weighted by Crippen LogP contribution is 2.25. The molecule has 0 aliphatic carbocycles. The zero-order valence-corrected chi connectivity index (χ0v) is 13.0. The number of nitrogens with zero attached hydrogens (tertiary/aromatic N) is 1. The second kappa shape index (κ2) is 6.72. The molecular weight excluding hydrogens is 293 g/mol. The molecule has 0 amide bonds. The standard InChI is InChI=1S/C14H22FN3O2S/c1-2-7-17-11-5-8-18(9-6-11)14-4-3-12(10-13(14)15)21(16,19)20/h3-4,10-11,17H,2,5-9H2,1H3,(H2,16,19,20). The van der Waals surface area contributed by atoms with Gasteiger partial charge >= 0.3 is 0 Å². The van der Waals surface area contributed by atoms with Gasteiger partial charge in [0.1, 0.15) is 5.82 Å². The van der Waals surface area contributed by atoms with Crippen LogP contribution < -0.4 is 15.4 Å². The second-order valence-electron chi connectivity index (χ2n) is 5.37. The number of halogens is 1. The Balaban J connectivity index is 2.04. The average Bonchev–Trinajstić information content (AvgIpc) is 2.45. The third-order valence-electron chi connectivity index (χ3n) is 3.77. The fourth-order valence-corrected chi connectivity index (χ4v) is 3.12. The minimum Gasteiger partial charge on any atom is -0.369 e. The topological polar surface area (TPSA) is 75.4 Å². The Morgan fingerprint density at radius 3 is 2.57 bits per heavy atom. The third-order valence-corrected chi connectivity index (χ3v) is 4.68. The molecule has 1 aliphatic heterocycles. The highest BCUT2D eigenvalue weighted by atomic mass is 32.2. The van der Waals surface area contributed by atoms with Gasteiger partial charge in [-0.3, -0.25) is 0 Å². The van der Waals surface area contributed by atoms with Crippen molar-refractivity contribution in [2.24, 2.45) is 5.14 Å². The fourth-order valence-electron chi connectivity index (χ4n) is 2.59. The predicted molar refractivity (Wildman–Crippen MR) is 81.3 cm³/mol. The van der Waals surface area contributed by atoms with Crippen molar-refractivity contribution in [1.29, 1.82) is 0 Å². The van der Waals surface area contributed by atoms with Crippen molar-refractivity contribution in [3.8, 4) is 0 Å². The summed E-state index contributed by atoms with van der Waals surface area (Å²) >= 11 is 0. The van der Waals surface area contributed by atoms with Crippen LogP contribution in [0.1, 0.15) is 26.2 Å². The fraction of sp³-hybridized carbons (Fsp3) is 0.571. The van der Waals surface area contributed by atoms with Gasteiger partial charge in [0, 0.05) is 19.1 Å². The molecule has 7 heteroatoms. The summed E-state index contributed by atoms with van der Waals surface area (Å²) in [5.41, 5.74) is 0.441. The van der Waals surface area contributed by atoms with Gasteiger partial charge in [-0.25, -0.2) is 17.9 Å². The first-order valence-electron chi connectivity index (χ1n) is 7.22. The summed E-state index contributed by atoms with van der Waals surface area (Å²) in [6.45, 7) is 4.65. The lowest BCUT2D eigenvalue weighted by Gasteiger charge is -2.34. The molecule has 0 atom stereocenters. The van der Waals surface area contributed by atoms with Crippen molar-refractivity contribution in [2.75, 3.05) is 24.5 Å². The molecule has 2 rings (SSSR count). The highest BCUT2D eigenvalue weighted by molar-refractivity contribution is 7.89. The zero-order valence-electron chi connectivity index (χ0n) is 12.2. The maximum absolute atomic E-state index is 14.1. The van der Waals surface area contributed by atoms with Crippen molar-refractivity contribution in [3.05, 3.63) is 24.0 Å². The SMILES string of the molecule is CCCNC1CCN(c2ccc(S(N)(=O)=O)cc2F)CC1. The van der Waals surface area contributed by atoms with Crippen LogP contribution >= 0.6 is 0 Å². The molecule has 21 heavy (non-hydrogen) atoms. The van der Waals surface area contributed by atoms with E-state index in [4.69, 9.17) is 5.14 Å². The van der Waals surface area contributed by atoms with E-state index in [1.54, 1.807) is 0 Å². The first-order chi connectivity index (χ1) is 9.91. The van der Waals surface area contributed by atoms with Crippen LogP contribution in [0.25, 0.3) is 0 Å². The normalized spacial score (nSPS) is 17.2.